The molecular weight excluding hydrogens is 438 g/mol. The Morgan fingerprint density at radius 3 is 2.54 bits per heavy atom. The molecular formula is C22H18BrNO3S. The molecule has 0 bridgehead atoms. The van der Waals surface area contributed by atoms with Crippen LogP contribution in [0, 0.1) is 0 Å². The third-order valence-corrected chi connectivity index (χ3v) is 5.42. The summed E-state index contributed by atoms with van der Waals surface area (Å²) in [6.07, 6.45) is 5.80. The van der Waals surface area contributed by atoms with Crippen molar-refractivity contribution in [1.29, 1.82) is 0 Å². The highest BCUT2D eigenvalue weighted by molar-refractivity contribution is 9.10. The molecule has 1 aliphatic rings. The van der Waals surface area contributed by atoms with Crippen molar-refractivity contribution in [2.75, 3.05) is 11.5 Å². The van der Waals surface area contributed by atoms with E-state index in [9.17, 15) is 9.59 Å². The van der Waals surface area contributed by atoms with Gasteiger partial charge in [-0.05, 0) is 75.6 Å². The molecule has 0 aliphatic carbocycles. The molecule has 1 fully saturated rings. The van der Waals surface area contributed by atoms with E-state index in [1.165, 1.54) is 4.90 Å². The van der Waals surface area contributed by atoms with E-state index in [1.54, 1.807) is 42.5 Å². The Balaban J connectivity index is 1.95. The molecule has 2 amide bonds. The van der Waals surface area contributed by atoms with Crippen LogP contribution in [0.2, 0.25) is 0 Å². The van der Waals surface area contributed by atoms with Gasteiger partial charge in [-0.15, -0.1) is 6.58 Å². The van der Waals surface area contributed by atoms with Gasteiger partial charge in [0.05, 0.1) is 15.1 Å². The van der Waals surface area contributed by atoms with E-state index in [0.717, 1.165) is 27.4 Å². The van der Waals surface area contributed by atoms with E-state index in [0.29, 0.717) is 29.4 Å². The van der Waals surface area contributed by atoms with E-state index in [-0.39, 0.29) is 11.1 Å². The predicted molar refractivity (Wildman–Crippen MR) is 119 cm³/mol. The smallest absolute Gasteiger partial charge is 0.298 e. The van der Waals surface area contributed by atoms with E-state index in [1.807, 2.05) is 18.2 Å². The number of benzene rings is 2. The Bertz CT molecular complexity index is 969. The molecule has 142 valence electrons. The van der Waals surface area contributed by atoms with Gasteiger partial charge < -0.3 is 4.74 Å². The molecule has 2 aromatic carbocycles. The van der Waals surface area contributed by atoms with Gasteiger partial charge in [-0.2, -0.15) is 0 Å². The number of carbonyl (C=O) groups excluding carboxylic acids is 2. The van der Waals surface area contributed by atoms with Crippen molar-refractivity contribution in [3.63, 3.8) is 0 Å². The molecule has 2 aromatic rings. The minimum Gasteiger partial charge on any atom is -0.488 e. The van der Waals surface area contributed by atoms with Gasteiger partial charge in [0, 0.05) is 0 Å². The lowest BCUT2D eigenvalue weighted by Crippen LogP contribution is -2.27. The molecule has 0 radical (unpaired) electrons. The zero-order valence-corrected chi connectivity index (χ0v) is 17.5. The highest BCUT2D eigenvalue weighted by Gasteiger charge is 2.36. The Kier molecular flexibility index (Phi) is 6.54. The topological polar surface area (TPSA) is 46.6 Å². The number of hydrogen-bond donors (Lipinski definition) is 0. The number of carbonyl (C=O) groups is 2. The Hall–Kier alpha value is -2.57. The van der Waals surface area contributed by atoms with Crippen LogP contribution in [-0.4, -0.2) is 17.8 Å². The van der Waals surface area contributed by atoms with Crippen molar-refractivity contribution in [3.8, 4) is 5.75 Å². The largest absolute Gasteiger partial charge is 0.488 e. The van der Waals surface area contributed by atoms with Gasteiger partial charge in [-0.1, -0.05) is 36.9 Å². The number of nitrogens with zero attached hydrogens (tertiary/aromatic N) is 1. The van der Waals surface area contributed by atoms with Crippen LogP contribution in [0.5, 0.6) is 5.75 Å². The standard InChI is InChI=1S/C22H18BrNO3S/c1-3-8-16-12-15(13-18(23)20(16)27-11-4-2)14-19-21(25)24(22(26)28-19)17-9-6-5-7-10-17/h3-7,9-10,12-14H,1-2,8,11H2/b19-14-. The van der Waals surface area contributed by atoms with Crippen LogP contribution in [0.15, 0.2) is 77.2 Å². The summed E-state index contributed by atoms with van der Waals surface area (Å²) in [5.74, 6) is 0.393. The van der Waals surface area contributed by atoms with Crippen molar-refractivity contribution < 1.29 is 14.3 Å². The minimum absolute atomic E-state index is 0.307. The van der Waals surface area contributed by atoms with Crippen LogP contribution in [-0.2, 0) is 11.2 Å². The average molecular weight is 456 g/mol. The molecule has 1 heterocycles. The van der Waals surface area contributed by atoms with Crippen molar-refractivity contribution in [1.82, 2.24) is 0 Å². The SMILES string of the molecule is C=CCOc1c(Br)cc(/C=C2\SC(=O)N(c3ccccc3)C2=O)cc1CC=C. The molecule has 0 unspecified atom stereocenters. The second-order valence-corrected chi connectivity index (χ2v) is 7.78. The maximum atomic E-state index is 12.8. The van der Waals surface area contributed by atoms with Crippen LogP contribution in [0.3, 0.4) is 0 Å². The molecule has 1 aliphatic heterocycles. The minimum atomic E-state index is -0.324. The predicted octanol–water partition coefficient (Wildman–Crippen LogP) is 5.98. The average Bonchev–Trinajstić information content (AvgIpc) is 2.95. The van der Waals surface area contributed by atoms with E-state index < -0.39 is 0 Å². The normalized spacial score (nSPS) is 15.2. The van der Waals surface area contributed by atoms with E-state index >= 15 is 0 Å². The summed E-state index contributed by atoms with van der Waals surface area (Å²) in [5, 5.41) is -0.307. The summed E-state index contributed by atoms with van der Waals surface area (Å²) in [6.45, 7) is 7.84. The maximum absolute atomic E-state index is 12.8. The number of allylic oxidation sites excluding steroid dienone is 1. The van der Waals surface area contributed by atoms with Gasteiger partial charge in [0.15, 0.2) is 0 Å². The highest BCUT2D eigenvalue weighted by Crippen LogP contribution is 2.37. The third kappa shape index (κ3) is 4.29. The van der Waals surface area contributed by atoms with Gasteiger partial charge >= 0.3 is 0 Å². The zero-order valence-electron chi connectivity index (χ0n) is 15.1. The fraction of sp³-hybridized carbons (Fsp3) is 0.0909. The van der Waals surface area contributed by atoms with Gasteiger partial charge in [0.2, 0.25) is 0 Å². The molecule has 3 rings (SSSR count). The zero-order chi connectivity index (χ0) is 20.1. The number of thioether (sulfide) groups is 1. The number of amides is 2. The monoisotopic (exact) mass is 455 g/mol. The van der Waals surface area contributed by atoms with Gasteiger partial charge in [0.1, 0.15) is 12.4 Å². The third-order valence-electron chi connectivity index (χ3n) is 3.96. The first kappa shape index (κ1) is 20.2. The summed E-state index contributed by atoms with van der Waals surface area (Å²) < 4.78 is 6.51. The van der Waals surface area contributed by atoms with Gasteiger partial charge in [-0.25, -0.2) is 4.90 Å². The number of anilines is 1. The molecule has 0 saturated carbocycles. The van der Waals surface area contributed by atoms with Crippen molar-refractivity contribution >= 4 is 50.6 Å². The summed E-state index contributed by atoms with van der Waals surface area (Å²) >= 11 is 4.46. The van der Waals surface area contributed by atoms with Crippen LogP contribution < -0.4 is 9.64 Å². The van der Waals surface area contributed by atoms with Crippen LogP contribution in [0.4, 0.5) is 10.5 Å². The molecule has 0 aromatic heterocycles. The molecule has 0 spiro atoms. The molecule has 0 atom stereocenters. The molecule has 6 heteroatoms. The first-order chi connectivity index (χ1) is 13.5. The van der Waals surface area contributed by atoms with Crippen LogP contribution >= 0.6 is 27.7 Å². The van der Waals surface area contributed by atoms with Crippen LogP contribution in [0.25, 0.3) is 6.08 Å². The Labute approximate surface area is 176 Å². The molecule has 1 saturated heterocycles. The Morgan fingerprint density at radius 2 is 1.86 bits per heavy atom. The number of rotatable bonds is 7. The lowest BCUT2D eigenvalue weighted by atomic mass is 10.1. The summed E-state index contributed by atoms with van der Waals surface area (Å²) in [6, 6.07) is 12.7. The Morgan fingerprint density at radius 1 is 1.11 bits per heavy atom. The first-order valence-electron chi connectivity index (χ1n) is 8.55. The van der Waals surface area contributed by atoms with E-state index in [2.05, 4.69) is 29.1 Å². The van der Waals surface area contributed by atoms with Crippen molar-refractivity contribution in [2.45, 2.75) is 6.42 Å². The molecule has 28 heavy (non-hydrogen) atoms. The fourth-order valence-electron chi connectivity index (χ4n) is 2.79. The quantitative estimate of drug-likeness (QED) is 0.380. The van der Waals surface area contributed by atoms with Gasteiger partial charge in [-0.3, -0.25) is 9.59 Å². The summed E-state index contributed by atoms with van der Waals surface area (Å²) in [4.78, 5) is 26.7. The molecule has 4 nitrogen and oxygen atoms in total. The maximum Gasteiger partial charge on any atom is 0.298 e. The highest BCUT2D eigenvalue weighted by atomic mass is 79.9. The van der Waals surface area contributed by atoms with Crippen molar-refractivity contribution in [3.05, 3.63) is 88.3 Å². The number of para-hydroxylation sites is 1. The molecule has 0 N–H and O–H groups in total. The second-order valence-electron chi connectivity index (χ2n) is 5.94. The number of imide groups is 1. The van der Waals surface area contributed by atoms with E-state index in [4.69, 9.17) is 4.74 Å². The van der Waals surface area contributed by atoms with Gasteiger partial charge in [0.25, 0.3) is 11.1 Å². The first-order valence-corrected chi connectivity index (χ1v) is 10.2. The number of halogens is 1. The summed E-state index contributed by atoms with van der Waals surface area (Å²) in [7, 11) is 0. The summed E-state index contributed by atoms with van der Waals surface area (Å²) in [5.41, 5.74) is 2.29. The lowest BCUT2D eigenvalue weighted by Gasteiger charge is -2.13. The lowest BCUT2D eigenvalue weighted by molar-refractivity contribution is -0.113. The van der Waals surface area contributed by atoms with Crippen LogP contribution in [0.1, 0.15) is 11.1 Å². The fourth-order valence-corrected chi connectivity index (χ4v) is 4.26. The van der Waals surface area contributed by atoms with Crippen molar-refractivity contribution in [2.24, 2.45) is 0 Å². The number of hydrogen-bond acceptors (Lipinski definition) is 4. The second kappa shape index (κ2) is 9.08. The number of ether oxygens (including phenoxy) is 1.